The molecule has 30 heavy (non-hydrogen) atoms. The van der Waals surface area contributed by atoms with Gasteiger partial charge in [0.1, 0.15) is 6.17 Å². The van der Waals surface area contributed by atoms with E-state index in [0.717, 1.165) is 44.1 Å². The van der Waals surface area contributed by atoms with Crippen molar-refractivity contribution in [1.29, 1.82) is 0 Å². The number of halogens is 2. The Bertz CT molecular complexity index is 1030. The molecule has 0 bridgehead atoms. The lowest BCUT2D eigenvalue weighted by atomic mass is 10.0. The van der Waals surface area contributed by atoms with E-state index in [-0.39, 0.29) is 6.17 Å². The van der Waals surface area contributed by atoms with Gasteiger partial charge in [0.05, 0.1) is 29.6 Å². The standard InChI is InChI=1S/C24H23Cl2N3O/c25-19-7-8-20(21(26)14-19)24-22(16-28-10-12-30-13-11-28)29-15-18(6-9-23(29)27-24)17-4-2-1-3-5-17/h1-9,14-15,23,27H,10-13,16H2. The molecule has 0 radical (unpaired) electrons. The highest BCUT2D eigenvalue weighted by Gasteiger charge is 2.33. The summed E-state index contributed by atoms with van der Waals surface area (Å²) in [5, 5.41) is 4.96. The molecule has 0 amide bonds. The molecule has 2 aromatic carbocycles. The summed E-state index contributed by atoms with van der Waals surface area (Å²) in [6, 6.07) is 16.2. The van der Waals surface area contributed by atoms with Crippen LogP contribution in [-0.4, -0.2) is 48.8 Å². The zero-order valence-electron chi connectivity index (χ0n) is 16.5. The fourth-order valence-electron chi connectivity index (χ4n) is 4.14. The summed E-state index contributed by atoms with van der Waals surface area (Å²) in [4.78, 5) is 4.76. The Balaban J connectivity index is 1.55. The molecule has 0 saturated carbocycles. The Kier molecular flexibility index (Phi) is 5.57. The smallest absolute Gasteiger partial charge is 0.123 e. The largest absolute Gasteiger partial charge is 0.379 e. The summed E-state index contributed by atoms with van der Waals surface area (Å²) in [7, 11) is 0. The number of fused-ring (bicyclic) bond motifs is 1. The van der Waals surface area contributed by atoms with Crippen LogP contribution < -0.4 is 5.32 Å². The van der Waals surface area contributed by atoms with Crippen LogP contribution in [0.5, 0.6) is 0 Å². The van der Waals surface area contributed by atoms with Crippen molar-refractivity contribution in [3.63, 3.8) is 0 Å². The number of rotatable bonds is 4. The monoisotopic (exact) mass is 439 g/mol. The quantitative estimate of drug-likeness (QED) is 0.737. The summed E-state index contributed by atoms with van der Waals surface area (Å²) in [5.74, 6) is 0. The lowest BCUT2D eigenvalue weighted by Gasteiger charge is -2.32. The summed E-state index contributed by atoms with van der Waals surface area (Å²) < 4.78 is 5.54. The molecule has 154 valence electrons. The zero-order chi connectivity index (χ0) is 20.5. The van der Waals surface area contributed by atoms with Crippen LogP contribution in [-0.2, 0) is 4.74 Å². The van der Waals surface area contributed by atoms with Crippen LogP contribution in [0.4, 0.5) is 0 Å². The van der Waals surface area contributed by atoms with E-state index < -0.39 is 0 Å². The lowest BCUT2D eigenvalue weighted by Crippen LogP contribution is -2.40. The molecule has 1 unspecified atom stereocenters. The maximum absolute atomic E-state index is 6.60. The molecule has 0 aromatic heterocycles. The fraction of sp³-hybridized carbons (Fsp3) is 0.250. The van der Waals surface area contributed by atoms with Gasteiger partial charge in [-0.05, 0) is 35.4 Å². The van der Waals surface area contributed by atoms with Crippen molar-refractivity contribution < 1.29 is 4.74 Å². The fourth-order valence-corrected chi connectivity index (χ4v) is 4.65. The summed E-state index contributed by atoms with van der Waals surface area (Å²) >= 11 is 12.7. The minimum Gasteiger partial charge on any atom is -0.379 e. The van der Waals surface area contributed by atoms with Crippen molar-refractivity contribution in [2.24, 2.45) is 0 Å². The molecular weight excluding hydrogens is 417 g/mol. The van der Waals surface area contributed by atoms with Crippen molar-refractivity contribution in [1.82, 2.24) is 15.1 Å². The number of nitrogens with one attached hydrogen (secondary N) is 1. The van der Waals surface area contributed by atoms with Gasteiger partial charge in [-0.2, -0.15) is 0 Å². The van der Waals surface area contributed by atoms with Gasteiger partial charge in [-0.15, -0.1) is 0 Å². The van der Waals surface area contributed by atoms with Gasteiger partial charge in [-0.25, -0.2) is 0 Å². The molecule has 6 heteroatoms. The third-order valence-corrected chi connectivity index (χ3v) is 6.26. The number of hydrogen-bond acceptors (Lipinski definition) is 4. The molecule has 0 spiro atoms. The second-order valence-electron chi connectivity index (χ2n) is 7.64. The maximum atomic E-state index is 6.60. The predicted molar refractivity (Wildman–Crippen MR) is 123 cm³/mol. The van der Waals surface area contributed by atoms with E-state index >= 15 is 0 Å². The molecule has 1 atom stereocenters. The minimum absolute atomic E-state index is 0.0650. The Morgan fingerprint density at radius 1 is 1.03 bits per heavy atom. The van der Waals surface area contributed by atoms with Crippen molar-refractivity contribution in [2.45, 2.75) is 6.17 Å². The van der Waals surface area contributed by atoms with Crippen LogP contribution in [0.1, 0.15) is 11.1 Å². The lowest BCUT2D eigenvalue weighted by molar-refractivity contribution is 0.0401. The summed E-state index contributed by atoms with van der Waals surface area (Å²) in [6.45, 7) is 4.22. The van der Waals surface area contributed by atoms with Crippen molar-refractivity contribution in [3.8, 4) is 0 Å². The van der Waals surface area contributed by atoms with E-state index in [1.807, 2.05) is 18.2 Å². The van der Waals surface area contributed by atoms with Crippen LogP contribution >= 0.6 is 23.2 Å². The van der Waals surface area contributed by atoms with Gasteiger partial charge in [0.25, 0.3) is 0 Å². The molecule has 3 aliphatic rings. The molecule has 1 N–H and O–H groups in total. The number of morpholine rings is 1. The number of allylic oxidation sites excluding steroid dienone is 2. The predicted octanol–water partition coefficient (Wildman–Crippen LogP) is 4.84. The van der Waals surface area contributed by atoms with Crippen molar-refractivity contribution >= 4 is 34.5 Å². The van der Waals surface area contributed by atoms with Gasteiger partial charge < -0.3 is 15.0 Å². The van der Waals surface area contributed by atoms with Gasteiger partial charge in [-0.3, -0.25) is 4.90 Å². The Morgan fingerprint density at radius 2 is 1.83 bits per heavy atom. The highest BCUT2D eigenvalue weighted by Crippen LogP contribution is 2.37. The van der Waals surface area contributed by atoms with E-state index in [0.29, 0.717) is 10.0 Å². The second kappa shape index (κ2) is 8.48. The summed E-state index contributed by atoms with van der Waals surface area (Å²) in [5.41, 5.74) is 5.64. The molecule has 1 saturated heterocycles. The average molecular weight is 440 g/mol. The molecule has 2 aromatic rings. The number of ether oxygens (including phenoxy) is 1. The SMILES string of the molecule is Clc1ccc(C2=C(CN3CCOCC3)N3C=C(c4ccccc4)C=CC3N2)c(Cl)c1. The normalized spacial score (nSPS) is 21.5. The van der Waals surface area contributed by atoms with Crippen LogP contribution in [0.2, 0.25) is 10.0 Å². The molecule has 3 aliphatic heterocycles. The van der Waals surface area contributed by atoms with Crippen molar-refractivity contribution in [2.75, 3.05) is 32.8 Å². The maximum Gasteiger partial charge on any atom is 0.123 e. The van der Waals surface area contributed by atoms with Crippen LogP contribution in [0, 0.1) is 0 Å². The first-order valence-corrected chi connectivity index (χ1v) is 10.9. The van der Waals surface area contributed by atoms with Gasteiger partial charge in [0, 0.05) is 36.4 Å². The van der Waals surface area contributed by atoms with E-state index in [1.165, 1.54) is 16.8 Å². The van der Waals surface area contributed by atoms with Gasteiger partial charge in [0.15, 0.2) is 0 Å². The third kappa shape index (κ3) is 3.88. The van der Waals surface area contributed by atoms with Gasteiger partial charge in [-0.1, -0.05) is 59.6 Å². The molecule has 0 aliphatic carbocycles. The Morgan fingerprint density at radius 3 is 2.60 bits per heavy atom. The number of hydrogen-bond donors (Lipinski definition) is 1. The average Bonchev–Trinajstić information content (AvgIpc) is 3.12. The molecule has 4 nitrogen and oxygen atoms in total. The second-order valence-corrected chi connectivity index (χ2v) is 8.48. The van der Waals surface area contributed by atoms with E-state index in [1.54, 1.807) is 6.07 Å². The highest BCUT2D eigenvalue weighted by atomic mass is 35.5. The topological polar surface area (TPSA) is 27.7 Å². The zero-order valence-corrected chi connectivity index (χ0v) is 18.0. The Hall–Kier alpha value is -2.24. The van der Waals surface area contributed by atoms with Crippen LogP contribution in [0.15, 0.2) is 72.6 Å². The van der Waals surface area contributed by atoms with Gasteiger partial charge >= 0.3 is 0 Å². The first kappa shape index (κ1) is 19.7. The first-order chi connectivity index (χ1) is 14.7. The van der Waals surface area contributed by atoms with Crippen LogP contribution in [0.25, 0.3) is 11.3 Å². The molecule has 3 heterocycles. The van der Waals surface area contributed by atoms with Gasteiger partial charge in [0.2, 0.25) is 0 Å². The molecule has 5 rings (SSSR count). The third-order valence-electron chi connectivity index (χ3n) is 5.71. The highest BCUT2D eigenvalue weighted by molar-refractivity contribution is 6.35. The molecule has 1 fully saturated rings. The number of nitrogens with zero attached hydrogens (tertiary/aromatic N) is 2. The van der Waals surface area contributed by atoms with Crippen molar-refractivity contribution in [3.05, 3.63) is 93.8 Å². The molecular formula is C24H23Cl2N3O. The number of benzene rings is 2. The summed E-state index contributed by atoms with van der Waals surface area (Å²) in [6.07, 6.45) is 6.69. The van der Waals surface area contributed by atoms with E-state index in [9.17, 15) is 0 Å². The Labute approximate surface area is 187 Å². The van der Waals surface area contributed by atoms with E-state index in [4.69, 9.17) is 27.9 Å². The van der Waals surface area contributed by atoms with E-state index in [2.05, 4.69) is 57.7 Å². The first-order valence-electron chi connectivity index (χ1n) is 10.2. The van der Waals surface area contributed by atoms with Crippen LogP contribution in [0.3, 0.4) is 0 Å². The minimum atomic E-state index is 0.0650.